The molecule has 0 bridgehead atoms. The van der Waals surface area contributed by atoms with Gasteiger partial charge >= 0.3 is 0 Å². The Kier molecular flexibility index (Phi) is 8.87. The van der Waals surface area contributed by atoms with Crippen molar-refractivity contribution in [3.8, 4) is 28.0 Å². The molecule has 1 amide bonds. The lowest BCUT2D eigenvalue weighted by atomic mass is 9.87. The van der Waals surface area contributed by atoms with Gasteiger partial charge in [-0.3, -0.25) is 4.79 Å². The van der Waals surface area contributed by atoms with E-state index < -0.39 is 6.10 Å². The molecule has 0 fully saturated rings. The first-order valence-corrected chi connectivity index (χ1v) is 16.1. The first-order chi connectivity index (χ1) is 21.3. The number of ether oxygens (including phenoxy) is 2. The van der Waals surface area contributed by atoms with Gasteiger partial charge in [0.2, 0.25) is 0 Å². The van der Waals surface area contributed by atoms with Gasteiger partial charge in [0.25, 0.3) is 5.91 Å². The first kappa shape index (κ1) is 30.1. The van der Waals surface area contributed by atoms with E-state index in [1.54, 1.807) is 6.92 Å². The van der Waals surface area contributed by atoms with Crippen LogP contribution < -0.4 is 10.1 Å². The van der Waals surface area contributed by atoms with E-state index in [1.165, 1.54) is 5.56 Å². The third-order valence-corrected chi connectivity index (χ3v) is 9.38. The molecule has 5 heteroatoms. The Morgan fingerprint density at radius 2 is 1.39 bits per heavy atom. The number of amides is 1. The molecular weight excluding hydrogens is 657 g/mol. The molecule has 0 aromatic heterocycles. The molecule has 44 heavy (non-hydrogen) atoms. The highest BCUT2D eigenvalue weighted by Crippen LogP contribution is 2.51. The predicted molar refractivity (Wildman–Crippen MR) is 187 cm³/mol. The Labute approximate surface area is 273 Å². The minimum absolute atomic E-state index is 0.0619. The van der Waals surface area contributed by atoms with Crippen molar-refractivity contribution in [2.75, 3.05) is 5.32 Å². The van der Waals surface area contributed by atoms with Crippen LogP contribution in [-0.2, 0) is 22.6 Å². The molecule has 0 spiro atoms. The van der Waals surface area contributed by atoms with Gasteiger partial charge in [-0.25, -0.2) is 0 Å². The highest BCUT2D eigenvalue weighted by atomic mass is 127. The number of rotatable bonds is 9. The molecule has 1 aliphatic rings. The van der Waals surface area contributed by atoms with Crippen LogP contribution in [0.4, 0.5) is 5.69 Å². The smallest absolute Gasteiger partial charge is 0.265 e. The molecule has 0 radical (unpaired) electrons. The van der Waals surface area contributed by atoms with Crippen molar-refractivity contribution in [2.24, 2.45) is 5.41 Å². The summed E-state index contributed by atoms with van der Waals surface area (Å²) >= 11 is 2.36. The van der Waals surface area contributed by atoms with Crippen molar-refractivity contribution in [3.63, 3.8) is 0 Å². The Morgan fingerprint density at radius 3 is 1.98 bits per heavy atom. The average Bonchev–Trinajstić information content (AvgIpc) is 3.32. The zero-order chi connectivity index (χ0) is 30.7. The number of carbonyl (C=O) groups is 1. The summed E-state index contributed by atoms with van der Waals surface area (Å²) in [5.41, 5.74) is 8.27. The highest BCUT2D eigenvalue weighted by molar-refractivity contribution is 14.1. The second-order valence-electron chi connectivity index (χ2n) is 12.0. The summed E-state index contributed by atoms with van der Waals surface area (Å²) in [5.74, 6) is 0.483. The molecule has 5 aromatic carbocycles. The quantitative estimate of drug-likeness (QED) is 0.157. The van der Waals surface area contributed by atoms with Gasteiger partial charge in [0.1, 0.15) is 5.75 Å². The van der Waals surface area contributed by atoms with Gasteiger partial charge in [-0.1, -0.05) is 129 Å². The summed E-state index contributed by atoms with van der Waals surface area (Å²) in [6, 6.07) is 40.8. The Balaban J connectivity index is 1.26. The maximum atomic E-state index is 13.8. The number of halogens is 1. The lowest BCUT2D eigenvalue weighted by Gasteiger charge is -2.28. The predicted octanol–water partition coefficient (Wildman–Crippen LogP) is 9.87. The number of anilines is 1. The second kappa shape index (κ2) is 13.0. The lowest BCUT2D eigenvalue weighted by molar-refractivity contribution is -0.122. The third kappa shape index (κ3) is 6.30. The van der Waals surface area contributed by atoms with Crippen LogP contribution in [0, 0.1) is 8.99 Å². The number of hydrogen-bond acceptors (Lipinski definition) is 3. The van der Waals surface area contributed by atoms with E-state index in [0.717, 1.165) is 49.1 Å². The minimum Gasteiger partial charge on any atom is -0.480 e. The van der Waals surface area contributed by atoms with E-state index in [2.05, 4.69) is 84.2 Å². The largest absolute Gasteiger partial charge is 0.480 e. The molecule has 0 saturated heterocycles. The maximum Gasteiger partial charge on any atom is 0.265 e. The molecule has 0 unspecified atom stereocenters. The van der Waals surface area contributed by atoms with Crippen LogP contribution in [-0.4, -0.2) is 12.0 Å². The SMILES string of the molecule is C[C@H](Oc1ccc2c(c1I)[C@@H](OCc1ccccc1)C(C)(C)C2)C(=O)Nc1c(-c2ccccc2)cccc1-c1ccccc1. The van der Waals surface area contributed by atoms with Crippen LogP contribution >= 0.6 is 22.6 Å². The number of fused-ring (bicyclic) bond motifs is 1. The van der Waals surface area contributed by atoms with Crippen molar-refractivity contribution in [1.82, 2.24) is 0 Å². The fourth-order valence-corrected chi connectivity index (χ4v) is 6.99. The van der Waals surface area contributed by atoms with Crippen LogP contribution in [0.2, 0.25) is 0 Å². The fraction of sp³-hybridized carbons (Fsp3) is 0.205. The number of nitrogens with one attached hydrogen (secondary N) is 1. The van der Waals surface area contributed by atoms with Gasteiger partial charge in [-0.2, -0.15) is 0 Å². The third-order valence-electron chi connectivity index (χ3n) is 8.27. The van der Waals surface area contributed by atoms with Gasteiger partial charge in [0, 0.05) is 16.7 Å². The van der Waals surface area contributed by atoms with Crippen LogP contribution in [0.1, 0.15) is 43.6 Å². The van der Waals surface area contributed by atoms with E-state index in [9.17, 15) is 4.79 Å². The van der Waals surface area contributed by atoms with Crippen LogP contribution in [0.5, 0.6) is 5.75 Å². The van der Waals surface area contributed by atoms with E-state index in [-0.39, 0.29) is 17.4 Å². The summed E-state index contributed by atoms with van der Waals surface area (Å²) in [5, 5.41) is 3.24. The fourth-order valence-electron chi connectivity index (χ4n) is 6.05. The van der Waals surface area contributed by atoms with Gasteiger partial charge in [-0.15, -0.1) is 0 Å². The van der Waals surface area contributed by atoms with E-state index in [4.69, 9.17) is 9.47 Å². The first-order valence-electron chi connectivity index (χ1n) is 15.0. The number of hydrogen-bond donors (Lipinski definition) is 1. The van der Waals surface area contributed by atoms with Crippen LogP contribution in [0.25, 0.3) is 22.3 Å². The molecule has 1 N–H and O–H groups in total. The van der Waals surface area contributed by atoms with Crippen molar-refractivity contribution in [3.05, 3.63) is 142 Å². The van der Waals surface area contributed by atoms with E-state index in [1.807, 2.05) is 78.9 Å². The molecule has 6 rings (SSSR count). The molecule has 2 atom stereocenters. The van der Waals surface area contributed by atoms with Crippen molar-refractivity contribution in [1.29, 1.82) is 0 Å². The summed E-state index contributed by atoms with van der Waals surface area (Å²) in [6.45, 7) is 6.85. The van der Waals surface area contributed by atoms with E-state index in [0.29, 0.717) is 12.4 Å². The summed E-state index contributed by atoms with van der Waals surface area (Å²) < 4.78 is 14.0. The van der Waals surface area contributed by atoms with Crippen LogP contribution in [0.15, 0.2) is 121 Å². The summed E-state index contributed by atoms with van der Waals surface area (Å²) in [4.78, 5) is 13.8. The maximum absolute atomic E-state index is 13.8. The molecular formula is C39H36INO3. The molecule has 4 nitrogen and oxygen atoms in total. The number of benzene rings is 5. The van der Waals surface area contributed by atoms with Gasteiger partial charge in [0.15, 0.2) is 6.10 Å². The summed E-state index contributed by atoms with van der Waals surface area (Å²) in [6.07, 6.45) is 0.114. The zero-order valence-electron chi connectivity index (χ0n) is 25.2. The van der Waals surface area contributed by atoms with Crippen molar-refractivity contribution < 1.29 is 14.3 Å². The summed E-state index contributed by atoms with van der Waals surface area (Å²) in [7, 11) is 0. The van der Waals surface area contributed by atoms with Gasteiger partial charge in [0.05, 0.1) is 22.0 Å². The Bertz CT molecular complexity index is 1700. The normalized spacial score (nSPS) is 15.8. The topological polar surface area (TPSA) is 47.6 Å². The van der Waals surface area contributed by atoms with Crippen LogP contribution in [0.3, 0.4) is 0 Å². The lowest BCUT2D eigenvalue weighted by Crippen LogP contribution is -2.31. The average molecular weight is 694 g/mol. The second-order valence-corrected chi connectivity index (χ2v) is 13.1. The molecule has 0 aliphatic heterocycles. The number of para-hydroxylation sites is 1. The molecule has 0 heterocycles. The van der Waals surface area contributed by atoms with Gasteiger partial charge in [-0.05, 0) is 69.7 Å². The zero-order valence-corrected chi connectivity index (χ0v) is 27.4. The molecule has 5 aromatic rings. The van der Waals surface area contributed by atoms with E-state index >= 15 is 0 Å². The highest BCUT2D eigenvalue weighted by Gasteiger charge is 2.42. The standard InChI is InChI=1S/C39H36INO3/c1-26(38(42)41-36-31(28-16-9-5-10-17-28)20-13-21-32(36)29-18-11-6-12-19-29)44-33-23-22-30-24-39(2,3)37(34(30)35(33)40)43-25-27-14-7-4-8-15-27/h4-23,26,37H,24-25H2,1-3H3,(H,41,42)/t26-,37+/m0/s1. The van der Waals surface area contributed by atoms with Gasteiger partial charge < -0.3 is 14.8 Å². The molecule has 0 saturated carbocycles. The van der Waals surface area contributed by atoms with Crippen molar-refractivity contribution >= 4 is 34.2 Å². The monoisotopic (exact) mass is 693 g/mol. The van der Waals surface area contributed by atoms with Crippen molar-refractivity contribution in [2.45, 2.75) is 46.0 Å². The Hall–Kier alpha value is -3.94. The number of carbonyl (C=O) groups excluding carboxylic acids is 1. The minimum atomic E-state index is -0.730. The molecule has 222 valence electrons. The molecule has 1 aliphatic carbocycles. The Morgan fingerprint density at radius 1 is 0.818 bits per heavy atom.